The first-order valence-electron chi connectivity index (χ1n) is 6.76. The highest BCUT2D eigenvalue weighted by molar-refractivity contribution is 7.89. The number of benzene rings is 2. The lowest BCUT2D eigenvalue weighted by Gasteiger charge is -2.24. The van der Waals surface area contributed by atoms with Gasteiger partial charge in [-0.2, -0.15) is 0 Å². The maximum Gasteiger partial charge on any atom is 0.242 e. The van der Waals surface area contributed by atoms with Crippen molar-refractivity contribution in [2.75, 3.05) is 25.1 Å². The molecular formula is C15H16N2O4S. The van der Waals surface area contributed by atoms with E-state index in [0.29, 0.717) is 12.2 Å². The van der Waals surface area contributed by atoms with Gasteiger partial charge in [-0.3, -0.25) is 0 Å². The molecule has 116 valence electrons. The standard InChI is InChI=1S/C15H16N2O4S/c1-21-14-10-15-12(9-13(14)18)17(8-7-16-22(15,19)20)11-5-3-2-4-6-11/h2-6,9-10,16,18H,7-8H2,1H3. The number of anilines is 2. The van der Waals surface area contributed by atoms with Gasteiger partial charge in [0.15, 0.2) is 11.5 Å². The number of phenols is 1. The van der Waals surface area contributed by atoms with Crippen molar-refractivity contribution in [2.45, 2.75) is 4.90 Å². The zero-order valence-electron chi connectivity index (χ0n) is 12.0. The van der Waals surface area contributed by atoms with Gasteiger partial charge in [0.25, 0.3) is 0 Å². The van der Waals surface area contributed by atoms with E-state index in [1.165, 1.54) is 19.2 Å². The fourth-order valence-corrected chi connectivity index (χ4v) is 3.72. The molecule has 1 aliphatic rings. The Hall–Kier alpha value is -2.25. The summed E-state index contributed by atoms with van der Waals surface area (Å²) >= 11 is 0. The van der Waals surface area contributed by atoms with Crippen molar-refractivity contribution in [3.8, 4) is 11.5 Å². The maximum atomic E-state index is 12.4. The summed E-state index contributed by atoms with van der Waals surface area (Å²) in [7, 11) is -2.27. The second-order valence-corrected chi connectivity index (χ2v) is 6.61. The molecular weight excluding hydrogens is 304 g/mol. The van der Waals surface area contributed by atoms with Crippen LogP contribution in [-0.2, 0) is 10.0 Å². The van der Waals surface area contributed by atoms with Crippen LogP contribution < -0.4 is 14.4 Å². The summed E-state index contributed by atoms with van der Waals surface area (Å²) in [5.74, 6) is 0.0262. The van der Waals surface area contributed by atoms with Crippen LogP contribution in [0.25, 0.3) is 0 Å². The van der Waals surface area contributed by atoms with Crippen molar-refractivity contribution in [2.24, 2.45) is 0 Å². The molecule has 0 spiro atoms. The van der Waals surface area contributed by atoms with Gasteiger partial charge in [-0.1, -0.05) is 18.2 Å². The van der Waals surface area contributed by atoms with Crippen LogP contribution in [0, 0.1) is 0 Å². The van der Waals surface area contributed by atoms with Crippen LogP contribution >= 0.6 is 0 Å². The number of fused-ring (bicyclic) bond motifs is 1. The van der Waals surface area contributed by atoms with Crippen molar-refractivity contribution in [3.63, 3.8) is 0 Å². The molecule has 0 saturated heterocycles. The first-order valence-corrected chi connectivity index (χ1v) is 8.24. The predicted molar refractivity (Wildman–Crippen MR) is 83.3 cm³/mol. The first-order chi connectivity index (χ1) is 10.5. The highest BCUT2D eigenvalue weighted by Crippen LogP contribution is 2.40. The van der Waals surface area contributed by atoms with E-state index in [1.807, 2.05) is 35.2 Å². The molecule has 0 fully saturated rings. The number of nitrogens with zero attached hydrogens (tertiary/aromatic N) is 1. The normalized spacial score (nSPS) is 16.7. The lowest BCUT2D eigenvalue weighted by molar-refractivity contribution is 0.372. The predicted octanol–water partition coefficient (Wildman–Crippen LogP) is 1.83. The topological polar surface area (TPSA) is 78.9 Å². The van der Waals surface area contributed by atoms with Gasteiger partial charge in [-0.05, 0) is 12.1 Å². The average Bonchev–Trinajstić information content (AvgIpc) is 2.63. The molecule has 0 unspecified atom stereocenters. The van der Waals surface area contributed by atoms with E-state index in [1.54, 1.807) is 0 Å². The fourth-order valence-electron chi connectivity index (χ4n) is 2.49. The van der Waals surface area contributed by atoms with Crippen LogP contribution in [-0.4, -0.2) is 33.7 Å². The minimum absolute atomic E-state index is 0.0866. The molecule has 6 nitrogen and oxygen atoms in total. The van der Waals surface area contributed by atoms with Gasteiger partial charge < -0.3 is 14.7 Å². The Kier molecular flexibility index (Phi) is 3.67. The molecule has 0 radical (unpaired) electrons. The third-order valence-corrected chi connectivity index (χ3v) is 5.03. The van der Waals surface area contributed by atoms with Gasteiger partial charge in [0.1, 0.15) is 4.90 Å². The molecule has 2 N–H and O–H groups in total. The number of hydrogen-bond donors (Lipinski definition) is 2. The van der Waals surface area contributed by atoms with E-state index in [-0.39, 0.29) is 22.9 Å². The van der Waals surface area contributed by atoms with Gasteiger partial charge in [-0.15, -0.1) is 0 Å². The molecule has 22 heavy (non-hydrogen) atoms. The summed E-state index contributed by atoms with van der Waals surface area (Å²) in [6, 6.07) is 12.2. The highest BCUT2D eigenvalue weighted by Gasteiger charge is 2.28. The van der Waals surface area contributed by atoms with Gasteiger partial charge in [-0.25, -0.2) is 13.1 Å². The Morgan fingerprint density at radius 2 is 1.95 bits per heavy atom. The van der Waals surface area contributed by atoms with Crippen molar-refractivity contribution in [1.82, 2.24) is 4.72 Å². The summed E-state index contributed by atoms with van der Waals surface area (Å²) in [5, 5.41) is 10.0. The number of hydrogen-bond acceptors (Lipinski definition) is 5. The Balaban J connectivity index is 2.24. The molecule has 1 aliphatic heterocycles. The quantitative estimate of drug-likeness (QED) is 0.882. The van der Waals surface area contributed by atoms with Crippen LogP contribution in [0.15, 0.2) is 47.4 Å². The highest BCUT2D eigenvalue weighted by atomic mass is 32.2. The lowest BCUT2D eigenvalue weighted by atomic mass is 10.2. The second-order valence-electron chi connectivity index (χ2n) is 4.88. The minimum atomic E-state index is -3.65. The van der Waals surface area contributed by atoms with Gasteiger partial charge in [0, 0.05) is 30.9 Å². The fraction of sp³-hybridized carbons (Fsp3) is 0.200. The van der Waals surface area contributed by atoms with E-state index >= 15 is 0 Å². The summed E-state index contributed by atoms with van der Waals surface area (Å²) in [6.07, 6.45) is 0. The smallest absolute Gasteiger partial charge is 0.242 e. The second kappa shape index (κ2) is 5.51. The van der Waals surface area contributed by atoms with E-state index in [4.69, 9.17) is 4.74 Å². The number of aromatic hydroxyl groups is 1. The van der Waals surface area contributed by atoms with E-state index in [2.05, 4.69) is 4.72 Å². The van der Waals surface area contributed by atoms with E-state index in [0.717, 1.165) is 5.69 Å². The Morgan fingerprint density at radius 1 is 1.23 bits per heavy atom. The first kappa shape index (κ1) is 14.7. The molecule has 0 saturated carbocycles. The van der Waals surface area contributed by atoms with Crippen LogP contribution in [0.4, 0.5) is 11.4 Å². The van der Waals surface area contributed by atoms with Crippen LogP contribution in [0.1, 0.15) is 0 Å². The molecule has 2 aromatic rings. The summed E-state index contributed by atoms with van der Waals surface area (Å²) in [5.41, 5.74) is 1.28. The molecule has 2 aromatic carbocycles. The van der Waals surface area contributed by atoms with Crippen molar-refractivity contribution in [1.29, 1.82) is 0 Å². The van der Waals surface area contributed by atoms with Gasteiger partial charge in [0.2, 0.25) is 10.0 Å². The van der Waals surface area contributed by atoms with Gasteiger partial charge >= 0.3 is 0 Å². The van der Waals surface area contributed by atoms with Crippen LogP contribution in [0.2, 0.25) is 0 Å². The van der Waals surface area contributed by atoms with E-state index < -0.39 is 10.0 Å². The SMILES string of the molecule is COc1cc2c(cc1O)N(c1ccccc1)CCNS2(=O)=O. The lowest BCUT2D eigenvalue weighted by Crippen LogP contribution is -2.27. The van der Waals surface area contributed by atoms with E-state index in [9.17, 15) is 13.5 Å². The number of methoxy groups -OCH3 is 1. The number of ether oxygens (including phenoxy) is 1. The summed E-state index contributed by atoms with van der Waals surface area (Å²) in [6.45, 7) is 0.733. The summed E-state index contributed by atoms with van der Waals surface area (Å²) < 4.78 is 32.3. The average molecular weight is 320 g/mol. The Labute approximate surface area is 129 Å². The van der Waals surface area contributed by atoms with Crippen LogP contribution in [0.3, 0.4) is 0 Å². The molecule has 0 atom stereocenters. The zero-order valence-corrected chi connectivity index (χ0v) is 12.8. The number of nitrogens with one attached hydrogen (secondary N) is 1. The third kappa shape index (κ3) is 2.49. The molecule has 0 aliphatic carbocycles. The number of rotatable bonds is 2. The van der Waals surface area contributed by atoms with Crippen molar-refractivity contribution < 1.29 is 18.3 Å². The molecule has 0 amide bonds. The molecule has 7 heteroatoms. The number of phenolic OH excluding ortho intramolecular Hbond substituents is 1. The summed E-state index contributed by atoms with van der Waals surface area (Å²) in [4.78, 5) is 1.94. The number of sulfonamides is 1. The number of para-hydroxylation sites is 1. The molecule has 1 heterocycles. The molecule has 0 aromatic heterocycles. The molecule has 0 bridgehead atoms. The maximum absolute atomic E-state index is 12.4. The monoisotopic (exact) mass is 320 g/mol. The van der Waals surface area contributed by atoms with Gasteiger partial charge in [0.05, 0.1) is 12.8 Å². The third-order valence-electron chi connectivity index (χ3n) is 3.54. The van der Waals surface area contributed by atoms with Crippen molar-refractivity contribution >= 4 is 21.4 Å². The van der Waals surface area contributed by atoms with Crippen molar-refractivity contribution in [3.05, 3.63) is 42.5 Å². The van der Waals surface area contributed by atoms with Crippen LogP contribution in [0.5, 0.6) is 11.5 Å². The largest absolute Gasteiger partial charge is 0.504 e. The zero-order chi connectivity index (χ0) is 15.7. The Bertz CT molecular complexity index is 791. The Morgan fingerprint density at radius 3 is 2.64 bits per heavy atom. The molecule has 3 rings (SSSR count). The minimum Gasteiger partial charge on any atom is -0.504 e.